The van der Waals surface area contributed by atoms with E-state index in [2.05, 4.69) is 57.7 Å². The van der Waals surface area contributed by atoms with Crippen LogP contribution in [0.4, 0.5) is 0 Å². The van der Waals surface area contributed by atoms with Gasteiger partial charge in [-0.15, -0.1) is 0 Å². The van der Waals surface area contributed by atoms with Crippen LogP contribution in [0, 0.1) is 0 Å². The van der Waals surface area contributed by atoms with E-state index < -0.39 is 0 Å². The third-order valence-corrected chi connectivity index (χ3v) is 4.05. The molecule has 1 aromatic carbocycles. The van der Waals surface area contributed by atoms with Crippen LogP contribution in [-0.2, 0) is 6.42 Å². The Morgan fingerprint density at radius 2 is 2.16 bits per heavy atom. The second-order valence-electron chi connectivity index (χ2n) is 5.38. The number of rotatable bonds is 5. The molecule has 0 bridgehead atoms. The van der Waals surface area contributed by atoms with Crippen molar-refractivity contribution in [1.29, 1.82) is 0 Å². The third kappa shape index (κ3) is 2.58. The Kier molecular flexibility index (Phi) is 4.42. The summed E-state index contributed by atoms with van der Waals surface area (Å²) in [6.45, 7) is 10.7. The molecule has 0 N–H and O–H groups in total. The first-order valence-corrected chi connectivity index (χ1v) is 7.33. The van der Waals surface area contributed by atoms with Gasteiger partial charge in [-0.3, -0.25) is 0 Å². The van der Waals surface area contributed by atoms with Crippen molar-refractivity contribution in [2.45, 2.75) is 46.0 Å². The number of benzene rings is 1. The number of hydrogen-bond acceptors (Lipinski definition) is 0. The molecule has 0 nitrogen and oxygen atoms in total. The van der Waals surface area contributed by atoms with Crippen molar-refractivity contribution in [3.05, 3.63) is 65.3 Å². The van der Waals surface area contributed by atoms with Gasteiger partial charge < -0.3 is 0 Å². The van der Waals surface area contributed by atoms with Gasteiger partial charge in [-0.25, -0.2) is 0 Å². The lowest BCUT2D eigenvalue weighted by Crippen LogP contribution is -1.99. The van der Waals surface area contributed by atoms with Gasteiger partial charge >= 0.3 is 0 Å². The molecule has 19 heavy (non-hydrogen) atoms. The van der Waals surface area contributed by atoms with Crippen LogP contribution in [0.1, 0.15) is 56.2 Å². The van der Waals surface area contributed by atoms with Gasteiger partial charge in [-0.1, -0.05) is 63.3 Å². The Bertz CT molecular complexity index is 529. The number of allylic oxidation sites excluding steroid dienone is 5. The van der Waals surface area contributed by atoms with Crippen LogP contribution in [0.25, 0.3) is 5.57 Å². The van der Waals surface area contributed by atoms with Gasteiger partial charge in [-0.05, 0) is 53.5 Å². The van der Waals surface area contributed by atoms with Crippen molar-refractivity contribution >= 4 is 5.57 Å². The van der Waals surface area contributed by atoms with E-state index in [4.69, 9.17) is 0 Å². The molecule has 0 radical (unpaired) electrons. The summed E-state index contributed by atoms with van der Waals surface area (Å²) in [7, 11) is 0. The van der Waals surface area contributed by atoms with Crippen LogP contribution >= 0.6 is 0 Å². The Hall–Kier alpha value is -1.56. The zero-order valence-electron chi connectivity index (χ0n) is 12.4. The summed E-state index contributed by atoms with van der Waals surface area (Å²) in [4.78, 5) is 0. The van der Waals surface area contributed by atoms with Gasteiger partial charge in [-0.2, -0.15) is 0 Å². The van der Waals surface area contributed by atoms with E-state index >= 15 is 0 Å². The van der Waals surface area contributed by atoms with E-state index in [0.717, 1.165) is 6.42 Å². The normalized spacial score (nSPS) is 15.9. The van der Waals surface area contributed by atoms with Crippen molar-refractivity contribution in [2.24, 2.45) is 0 Å². The lowest BCUT2D eigenvalue weighted by molar-refractivity contribution is 0.660. The molecular formula is C19H24. The standard InChI is InChI=1S/C19H24/c1-5-9-14(4)16-11-8-12-18-17(10-6-2)15(7-3)13-19(16)18/h6-8,10-12,14H,3,5,9,13H2,1-2,4H3/b10-6-. The van der Waals surface area contributed by atoms with E-state index in [1.165, 1.54) is 40.7 Å². The fourth-order valence-corrected chi connectivity index (χ4v) is 3.11. The largest absolute Gasteiger partial charge is 0.0988 e. The smallest absolute Gasteiger partial charge is 0.00108 e. The van der Waals surface area contributed by atoms with E-state index in [1.807, 2.05) is 6.08 Å². The van der Waals surface area contributed by atoms with Crippen molar-refractivity contribution in [3.63, 3.8) is 0 Å². The quantitative estimate of drug-likeness (QED) is 0.634. The van der Waals surface area contributed by atoms with Gasteiger partial charge in [0.2, 0.25) is 0 Å². The summed E-state index contributed by atoms with van der Waals surface area (Å²) < 4.78 is 0. The molecule has 1 aromatic rings. The lowest BCUT2D eigenvalue weighted by Gasteiger charge is -2.16. The summed E-state index contributed by atoms with van der Waals surface area (Å²) in [6.07, 6.45) is 9.91. The Morgan fingerprint density at radius 3 is 2.79 bits per heavy atom. The summed E-state index contributed by atoms with van der Waals surface area (Å²) >= 11 is 0. The van der Waals surface area contributed by atoms with Gasteiger partial charge in [0.25, 0.3) is 0 Å². The van der Waals surface area contributed by atoms with Crippen molar-refractivity contribution < 1.29 is 0 Å². The minimum absolute atomic E-state index is 0.649. The molecule has 0 aliphatic heterocycles. The van der Waals surface area contributed by atoms with Crippen molar-refractivity contribution in [3.8, 4) is 0 Å². The first kappa shape index (κ1) is 13.9. The second-order valence-corrected chi connectivity index (χ2v) is 5.38. The Morgan fingerprint density at radius 1 is 1.37 bits per heavy atom. The molecule has 1 atom stereocenters. The maximum Gasteiger partial charge on any atom is -0.00108 e. The van der Waals surface area contributed by atoms with Crippen molar-refractivity contribution in [1.82, 2.24) is 0 Å². The third-order valence-electron chi connectivity index (χ3n) is 4.05. The molecule has 1 unspecified atom stereocenters. The molecule has 0 heterocycles. The van der Waals surface area contributed by atoms with Gasteiger partial charge in [0.05, 0.1) is 0 Å². The van der Waals surface area contributed by atoms with E-state index in [0.29, 0.717) is 5.92 Å². The highest BCUT2D eigenvalue weighted by atomic mass is 14.3. The molecule has 0 fully saturated rings. The lowest BCUT2D eigenvalue weighted by atomic mass is 9.89. The van der Waals surface area contributed by atoms with Crippen molar-refractivity contribution in [2.75, 3.05) is 0 Å². The molecule has 0 aromatic heterocycles. The van der Waals surface area contributed by atoms with Crippen LogP contribution in [0.2, 0.25) is 0 Å². The first-order valence-electron chi connectivity index (χ1n) is 7.33. The zero-order chi connectivity index (χ0) is 13.8. The molecule has 1 aliphatic carbocycles. The summed E-state index contributed by atoms with van der Waals surface area (Å²) in [5.41, 5.74) is 7.18. The van der Waals surface area contributed by atoms with Crippen LogP contribution in [0.5, 0.6) is 0 Å². The molecule has 0 spiro atoms. The van der Waals surface area contributed by atoms with Crippen LogP contribution in [0.15, 0.2) is 48.6 Å². The molecule has 1 aliphatic rings. The monoisotopic (exact) mass is 252 g/mol. The molecule has 2 rings (SSSR count). The van der Waals surface area contributed by atoms with E-state index in [9.17, 15) is 0 Å². The highest BCUT2D eigenvalue weighted by Crippen LogP contribution is 2.39. The highest BCUT2D eigenvalue weighted by Gasteiger charge is 2.22. The minimum atomic E-state index is 0.649. The van der Waals surface area contributed by atoms with Crippen LogP contribution in [0.3, 0.4) is 0 Å². The van der Waals surface area contributed by atoms with Gasteiger partial charge in [0.15, 0.2) is 0 Å². The minimum Gasteiger partial charge on any atom is -0.0988 e. The molecular weight excluding hydrogens is 228 g/mol. The fourth-order valence-electron chi connectivity index (χ4n) is 3.11. The average Bonchev–Trinajstić information content (AvgIpc) is 2.77. The number of hydrogen-bond donors (Lipinski definition) is 0. The first-order chi connectivity index (χ1) is 9.22. The highest BCUT2D eigenvalue weighted by molar-refractivity contribution is 5.85. The predicted octanol–water partition coefficient (Wildman–Crippen LogP) is 5.66. The van der Waals surface area contributed by atoms with Gasteiger partial charge in [0.1, 0.15) is 0 Å². The fraction of sp³-hybridized carbons (Fsp3) is 0.368. The maximum atomic E-state index is 3.98. The Balaban J connectivity index is 2.47. The second kappa shape index (κ2) is 6.06. The van der Waals surface area contributed by atoms with E-state index in [-0.39, 0.29) is 0 Å². The maximum absolute atomic E-state index is 3.98. The SMILES string of the molecule is C=CC1=C(/C=C\C)c2cccc(C(C)CCC)c2C1. The summed E-state index contributed by atoms with van der Waals surface area (Å²) in [5.74, 6) is 0.649. The molecule has 100 valence electrons. The van der Waals surface area contributed by atoms with Crippen LogP contribution < -0.4 is 0 Å². The molecule has 0 saturated heterocycles. The van der Waals surface area contributed by atoms with Crippen LogP contribution in [-0.4, -0.2) is 0 Å². The summed E-state index contributed by atoms with van der Waals surface area (Å²) in [5, 5.41) is 0. The van der Waals surface area contributed by atoms with Gasteiger partial charge in [0, 0.05) is 0 Å². The average molecular weight is 252 g/mol. The van der Waals surface area contributed by atoms with E-state index in [1.54, 1.807) is 0 Å². The molecule has 0 saturated carbocycles. The predicted molar refractivity (Wildman–Crippen MR) is 85.4 cm³/mol. The number of fused-ring (bicyclic) bond motifs is 1. The molecule has 0 amide bonds. The molecule has 0 heteroatoms. The Labute approximate surface area is 117 Å². The topological polar surface area (TPSA) is 0 Å². The summed E-state index contributed by atoms with van der Waals surface area (Å²) in [6, 6.07) is 6.76. The zero-order valence-corrected chi connectivity index (χ0v) is 12.4.